The molecule has 0 bridgehead atoms. The van der Waals surface area contributed by atoms with Crippen molar-refractivity contribution in [3.8, 4) is 0 Å². The summed E-state index contributed by atoms with van der Waals surface area (Å²) in [6.45, 7) is 4.92. The van der Waals surface area contributed by atoms with Crippen molar-refractivity contribution >= 4 is 0 Å². The number of hydrogen-bond acceptors (Lipinski definition) is 3. The van der Waals surface area contributed by atoms with Gasteiger partial charge in [0.15, 0.2) is 0 Å². The van der Waals surface area contributed by atoms with Gasteiger partial charge < -0.3 is 14.6 Å². The van der Waals surface area contributed by atoms with Crippen LogP contribution in [0, 0.1) is 0 Å². The van der Waals surface area contributed by atoms with Gasteiger partial charge in [0.2, 0.25) is 0 Å². The zero-order chi connectivity index (χ0) is 9.68. The van der Waals surface area contributed by atoms with Gasteiger partial charge in [0.25, 0.3) is 0 Å². The second kappa shape index (κ2) is 5.58. The maximum atomic E-state index is 9.06. The van der Waals surface area contributed by atoms with Gasteiger partial charge in [0.1, 0.15) is 0 Å². The Bertz CT molecular complexity index is 136. The molecule has 1 aliphatic rings. The lowest BCUT2D eigenvalue weighted by atomic mass is 10.2. The summed E-state index contributed by atoms with van der Waals surface area (Å²) in [6.07, 6.45) is 3.42. The van der Waals surface area contributed by atoms with Crippen LogP contribution in [0.15, 0.2) is 0 Å². The van der Waals surface area contributed by atoms with Crippen molar-refractivity contribution in [3.05, 3.63) is 0 Å². The van der Waals surface area contributed by atoms with Crippen LogP contribution < -0.4 is 0 Å². The van der Waals surface area contributed by atoms with Gasteiger partial charge in [-0.3, -0.25) is 0 Å². The molecular formula is C10H20O3. The fraction of sp³-hybridized carbons (Fsp3) is 1.00. The Morgan fingerprint density at radius 1 is 1.31 bits per heavy atom. The van der Waals surface area contributed by atoms with Crippen LogP contribution in [0.5, 0.6) is 0 Å². The Kier molecular flexibility index (Phi) is 4.70. The zero-order valence-electron chi connectivity index (χ0n) is 8.53. The third-order valence-corrected chi connectivity index (χ3v) is 2.32. The highest BCUT2D eigenvalue weighted by Gasteiger charge is 2.28. The molecule has 1 N–H and O–H groups in total. The van der Waals surface area contributed by atoms with Crippen molar-refractivity contribution < 1.29 is 14.6 Å². The van der Waals surface area contributed by atoms with Crippen LogP contribution in [-0.4, -0.2) is 36.6 Å². The monoisotopic (exact) mass is 188 g/mol. The smallest absolute Gasteiger partial charge is 0.0838 e. The van der Waals surface area contributed by atoms with E-state index in [1.807, 2.05) is 6.92 Å². The molecule has 1 rings (SSSR count). The van der Waals surface area contributed by atoms with Crippen LogP contribution in [0.1, 0.15) is 33.1 Å². The molecule has 0 saturated heterocycles. The standard InChI is InChI=1S/C10H20O3/c1-3-12-9-5-4-6-10(9)13-7-8(2)11/h8-11H,3-7H2,1-2H3. The Balaban J connectivity index is 2.22. The van der Waals surface area contributed by atoms with Gasteiger partial charge in [-0.1, -0.05) is 0 Å². The van der Waals surface area contributed by atoms with Gasteiger partial charge in [0.05, 0.1) is 24.9 Å². The molecule has 0 aromatic heterocycles. The highest BCUT2D eigenvalue weighted by atomic mass is 16.5. The first-order valence-corrected chi connectivity index (χ1v) is 5.15. The molecule has 13 heavy (non-hydrogen) atoms. The molecule has 1 saturated carbocycles. The first kappa shape index (κ1) is 11.0. The lowest BCUT2D eigenvalue weighted by molar-refractivity contribution is -0.0721. The molecule has 0 heterocycles. The number of aliphatic hydroxyl groups excluding tert-OH is 1. The van der Waals surface area contributed by atoms with E-state index in [9.17, 15) is 0 Å². The maximum absolute atomic E-state index is 9.06. The summed E-state index contributed by atoms with van der Waals surface area (Å²) in [7, 11) is 0. The molecule has 0 radical (unpaired) electrons. The van der Waals surface area contributed by atoms with E-state index in [1.165, 1.54) is 6.42 Å². The Labute approximate surface area is 80.0 Å². The minimum atomic E-state index is -0.372. The van der Waals surface area contributed by atoms with E-state index < -0.39 is 0 Å². The minimum absolute atomic E-state index is 0.203. The molecule has 78 valence electrons. The van der Waals surface area contributed by atoms with E-state index >= 15 is 0 Å². The van der Waals surface area contributed by atoms with Gasteiger partial charge in [-0.2, -0.15) is 0 Å². The molecule has 0 aromatic rings. The maximum Gasteiger partial charge on any atom is 0.0838 e. The third kappa shape index (κ3) is 3.63. The number of rotatable bonds is 5. The van der Waals surface area contributed by atoms with E-state index in [1.54, 1.807) is 6.92 Å². The van der Waals surface area contributed by atoms with Crippen molar-refractivity contribution in [1.29, 1.82) is 0 Å². The molecule has 0 aliphatic heterocycles. The summed E-state index contributed by atoms with van der Waals surface area (Å²) < 4.78 is 11.1. The summed E-state index contributed by atoms with van der Waals surface area (Å²) in [5.41, 5.74) is 0. The van der Waals surface area contributed by atoms with Gasteiger partial charge >= 0.3 is 0 Å². The van der Waals surface area contributed by atoms with E-state index in [0.29, 0.717) is 6.61 Å². The summed E-state index contributed by atoms with van der Waals surface area (Å²) >= 11 is 0. The molecule has 3 unspecified atom stereocenters. The van der Waals surface area contributed by atoms with Crippen LogP contribution in [0.25, 0.3) is 0 Å². The first-order valence-electron chi connectivity index (χ1n) is 5.15. The van der Waals surface area contributed by atoms with E-state index in [2.05, 4.69) is 0 Å². The molecule has 1 fully saturated rings. The molecular weight excluding hydrogens is 168 g/mol. The molecule has 3 nitrogen and oxygen atoms in total. The fourth-order valence-electron chi connectivity index (χ4n) is 1.75. The van der Waals surface area contributed by atoms with Gasteiger partial charge in [0, 0.05) is 6.61 Å². The summed E-state index contributed by atoms with van der Waals surface area (Å²) in [5, 5.41) is 9.06. The van der Waals surface area contributed by atoms with E-state index in [4.69, 9.17) is 14.6 Å². The summed E-state index contributed by atoms with van der Waals surface area (Å²) in [6, 6.07) is 0. The van der Waals surface area contributed by atoms with Crippen LogP contribution in [-0.2, 0) is 9.47 Å². The van der Waals surface area contributed by atoms with Crippen molar-refractivity contribution in [2.45, 2.75) is 51.4 Å². The second-order valence-corrected chi connectivity index (χ2v) is 3.65. The van der Waals surface area contributed by atoms with Crippen molar-refractivity contribution in [2.75, 3.05) is 13.2 Å². The predicted octanol–water partition coefficient (Wildman–Crippen LogP) is 1.34. The summed E-state index contributed by atoms with van der Waals surface area (Å²) in [5.74, 6) is 0. The van der Waals surface area contributed by atoms with Gasteiger partial charge in [-0.25, -0.2) is 0 Å². The molecule has 0 spiro atoms. The van der Waals surface area contributed by atoms with Crippen LogP contribution in [0.4, 0.5) is 0 Å². The molecule has 0 aromatic carbocycles. The Morgan fingerprint density at radius 3 is 2.46 bits per heavy atom. The zero-order valence-corrected chi connectivity index (χ0v) is 8.53. The van der Waals surface area contributed by atoms with Gasteiger partial charge in [-0.15, -0.1) is 0 Å². The van der Waals surface area contributed by atoms with Crippen LogP contribution in [0.2, 0.25) is 0 Å². The number of hydrogen-bond donors (Lipinski definition) is 1. The number of ether oxygens (including phenoxy) is 2. The molecule has 1 aliphatic carbocycles. The first-order chi connectivity index (χ1) is 6.24. The number of aliphatic hydroxyl groups is 1. The van der Waals surface area contributed by atoms with Crippen molar-refractivity contribution in [1.82, 2.24) is 0 Å². The lowest BCUT2D eigenvalue weighted by Gasteiger charge is -2.20. The average Bonchev–Trinajstić information content (AvgIpc) is 2.49. The highest BCUT2D eigenvalue weighted by Crippen LogP contribution is 2.24. The normalized spacial score (nSPS) is 30.7. The highest BCUT2D eigenvalue weighted by molar-refractivity contribution is 4.79. The lowest BCUT2D eigenvalue weighted by Crippen LogP contribution is -2.28. The Morgan fingerprint density at radius 2 is 1.92 bits per heavy atom. The Hall–Kier alpha value is -0.120. The summed E-state index contributed by atoms with van der Waals surface area (Å²) in [4.78, 5) is 0. The van der Waals surface area contributed by atoms with Crippen LogP contribution in [0.3, 0.4) is 0 Å². The molecule has 3 heteroatoms. The second-order valence-electron chi connectivity index (χ2n) is 3.65. The predicted molar refractivity (Wildman–Crippen MR) is 50.7 cm³/mol. The van der Waals surface area contributed by atoms with Gasteiger partial charge in [-0.05, 0) is 33.1 Å². The molecule has 3 atom stereocenters. The third-order valence-electron chi connectivity index (χ3n) is 2.32. The van der Waals surface area contributed by atoms with E-state index in [0.717, 1.165) is 19.4 Å². The molecule has 0 amide bonds. The largest absolute Gasteiger partial charge is 0.391 e. The fourth-order valence-corrected chi connectivity index (χ4v) is 1.75. The van der Waals surface area contributed by atoms with Crippen LogP contribution >= 0.6 is 0 Å². The van der Waals surface area contributed by atoms with Crippen molar-refractivity contribution in [2.24, 2.45) is 0 Å². The SMILES string of the molecule is CCOC1CCCC1OCC(C)O. The quantitative estimate of drug-likeness (QED) is 0.707. The minimum Gasteiger partial charge on any atom is -0.391 e. The topological polar surface area (TPSA) is 38.7 Å². The van der Waals surface area contributed by atoms with E-state index in [-0.39, 0.29) is 18.3 Å². The average molecular weight is 188 g/mol. The van der Waals surface area contributed by atoms with Crippen molar-refractivity contribution in [3.63, 3.8) is 0 Å².